The number of sulfonamides is 1. The van der Waals surface area contributed by atoms with Crippen molar-refractivity contribution in [1.82, 2.24) is 4.31 Å². The lowest BCUT2D eigenvalue weighted by Gasteiger charge is -2.28. The van der Waals surface area contributed by atoms with E-state index < -0.39 is 15.3 Å². The smallest absolute Gasteiger partial charge is 0.216 e. The molecule has 6 heteroatoms. The van der Waals surface area contributed by atoms with E-state index in [1.54, 1.807) is 20.9 Å². The first-order chi connectivity index (χ1) is 6.94. The Labute approximate surface area is 91.4 Å². The quantitative estimate of drug-likeness (QED) is 0.694. The summed E-state index contributed by atoms with van der Waals surface area (Å²) in [5.41, 5.74) is 0. The molecule has 5 nitrogen and oxygen atoms in total. The molecule has 15 heavy (non-hydrogen) atoms. The van der Waals surface area contributed by atoms with Crippen LogP contribution in [0.3, 0.4) is 0 Å². The highest BCUT2D eigenvalue weighted by molar-refractivity contribution is 7.89. The van der Waals surface area contributed by atoms with Gasteiger partial charge in [-0.25, -0.2) is 12.7 Å². The van der Waals surface area contributed by atoms with Crippen LogP contribution in [0.2, 0.25) is 0 Å². The summed E-state index contributed by atoms with van der Waals surface area (Å²) < 4.78 is 35.4. The van der Waals surface area contributed by atoms with Gasteiger partial charge in [0.15, 0.2) is 0 Å². The van der Waals surface area contributed by atoms with Crippen LogP contribution in [0.15, 0.2) is 0 Å². The van der Waals surface area contributed by atoms with E-state index in [9.17, 15) is 8.42 Å². The van der Waals surface area contributed by atoms with Crippen molar-refractivity contribution in [2.24, 2.45) is 0 Å². The average Bonchev–Trinajstić information content (AvgIpc) is 2.18. The zero-order valence-electron chi connectivity index (χ0n) is 9.47. The van der Waals surface area contributed by atoms with Gasteiger partial charge in [-0.15, -0.1) is 0 Å². The fraction of sp³-hybridized carbons (Fsp3) is 1.00. The third kappa shape index (κ3) is 3.41. The molecule has 0 spiro atoms. The lowest BCUT2D eigenvalue weighted by Crippen LogP contribution is -2.42. The Morgan fingerprint density at radius 1 is 1.40 bits per heavy atom. The van der Waals surface area contributed by atoms with Gasteiger partial charge < -0.3 is 9.47 Å². The predicted molar refractivity (Wildman–Crippen MR) is 57.2 cm³/mol. The summed E-state index contributed by atoms with van der Waals surface area (Å²) in [6, 6.07) is 0. The van der Waals surface area contributed by atoms with Crippen molar-refractivity contribution in [3.8, 4) is 0 Å². The first kappa shape index (κ1) is 12.9. The highest BCUT2D eigenvalue weighted by atomic mass is 32.2. The van der Waals surface area contributed by atoms with E-state index in [0.717, 1.165) is 0 Å². The first-order valence-electron chi connectivity index (χ1n) is 5.09. The first-order valence-corrected chi connectivity index (χ1v) is 6.59. The van der Waals surface area contributed by atoms with Gasteiger partial charge in [0, 0.05) is 13.6 Å². The molecule has 0 aliphatic carbocycles. The average molecular weight is 237 g/mol. The Kier molecular flexibility index (Phi) is 4.51. The largest absolute Gasteiger partial charge is 0.376 e. The second-order valence-corrected chi connectivity index (χ2v) is 6.54. The maximum absolute atomic E-state index is 11.7. The molecule has 90 valence electrons. The number of likely N-dealkylation sites (N-methyl/N-ethyl adjacent to an activating group) is 1. The van der Waals surface area contributed by atoms with E-state index in [2.05, 4.69) is 0 Å². The van der Waals surface area contributed by atoms with E-state index in [1.165, 1.54) is 4.31 Å². The van der Waals surface area contributed by atoms with Gasteiger partial charge in [0.05, 0.1) is 31.2 Å². The Morgan fingerprint density at radius 3 is 2.53 bits per heavy atom. The molecule has 1 aliphatic rings. The van der Waals surface area contributed by atoms with Crippen LogP contribution in [0.1, 0.15) is 13.8 Å². The van der Waals surface area contributed by atoms with Crippen LogP contribution in [0.5, 0.6) is 0 Å². The van der Waals surface area contributed by atoms with Crippen LogP contribution in [0.25, 0.3) is 0 Å². The molecule has 1 rings (SSSR count). The third-order valence-electron chi connectivity index (χ3n) is 2.38. The predicted octanol–water partition coefficient (Wildman–Crippen LogP) is 0.0718. The Bertz CT molecular complexity index is 282. The SMILES string of the molecule is CC(C)S(=O)(=O)N(C)C[C@@H]1COCCO1. The minimum atomic E-state index is -3.18. The number of ether oxygens (including phenoxy) is 2. The second-order valence-electron chi connectivity index (χ2n) is 3.94. The Morgan fingerprint density at radius 2 is 2.07 bits per heavy atom. The van der Waals surface area contributed by atoms with Crippen LogP contribution in [-0.2, 0) is 19.5 Å². The van der Waals surface area contributed by atoms with Crippen molar-refractivity contribution >= 4 is 10.0 Å². The zero-order valence-corrected chi connectivity index (χ0v) is 10.3. The summed E-state index contributed by atoms with van der Waals surface area (Å²) >= 11 is 0. The van der Waals surface area contributed by atoms with Gasteiger partial charge in [-0.1, -0.05) is 0 Å². The molecule has 0 aromatic carbocycles. The van der Waals surface area contributed by atoms with E-state index in [4.69, 9.17) is 9.47 Å². The van der Waals surface area contributed by atoms with E-state index in [1.807, 2.05) is 0 Å². The van der Waals surface area contributed by atoms with Crippen molar-refractivity contribution in [1.29, 1.82) is 0 Å². The topological polar surface area (TPSA) is 55.8 Å². The minimum absolute atomic E-state index is 0.141. The summed E-state index contributed by atoms with van der Waals surface area (Å²) in [7, 11) is -1.60. The summed E-state index contributed by atoms with van der Waals surface area (Å²) in [5.74, 6) is 0. The number of hydrogen-bond acceptors (Lipinski definition) is 4. The molecular formula is C9H19NO4S. The van der Waals surface area contributed by atoms with Crippen molar-refractivity contribution in [2.75, 3.05) is 33.4 Å². The lowest BCUT2D eigenvalue weighted by atomic mass is 10.3. The molecule has 1 atom stereocenters. The molecule has 0 bridgehead atoms. The van der Waals surface area contributed by atoms with Crippen molar-refractivity contribution in [2.45, 2.75) is 25.2 Å². The fourth-order valence-corrected chi connectivity index (χ4v) is 2.49. The van der Waals surface area contributed by atoms with Crippen LogP contribution in [-0.4, -0.2) is 57.5 Å². The van der Waals surface area contributed by atoms with Crippen molar-refractivity contribution < 1.29 is 17.9 Å². The van der Waals surface area contributed by atoms with Gasteiger partial charge in [0.25, 0.3) is 0 Å². The van der Waals surface area contributed by atoms with Crippen LogP contribution < -0.4 is 0 Å². The Balaban J connectivity index is 2.50. The molecule has 0 N–H and O–H groups in total. The maximum atomic E-state index is 11.7. The molecule has 1 fully saturated rings. The molecule has 1 saturated heterocycles. The van der Waals surface area contributed by atoms with Crippen molar-refractivity contribution in [3.63, 3.8) is 0 Å². The zero-order chi connectivity index (χ0) is 11.5. The molecule has 0 saturated carbocycles. The van der Waals surface area contributed by atoms with Gasteiger partial charge >= 0.3 is 0 Å². The standard InChI is InChI=1S/C9H19NO4S/c1-8(2)15(11,12)10(3)6-9-7-13-4-5-14-9/h8-9H,4-7H2,1-3H3/t9-/m1/s1. The van der Waals surface area contributed by atoms with Crippen LogP contribution in [0, 0.1) is 0 Å². The van der Waals surface area contributed by atoms with Gasteiger partial charge in [-0.3, -0.25) is 0 Å². The van der Waals surface area contributed by atoms with Crippen molar-refractivity contribution in [3.05, 3.63) is 0 Å². The molecular weight excluding hydrogens is 218 g/mol. The summed E-state index contributed by atoms with van der Waals surface area (Å²) in [4.78, 5) is 0. The molecule has 0 unspecified atom stereocenters. The molecule has 0 aromatic rings. The van der Waals surface area contributed by atoms with Gasteiger partial charge in [0.2, 0.25) is 10.0 Å². The minimum Gasteiger partial charge on any atom is -0.376 e. The molecule has 0 aromatic heterocycles. The highest BCUT2D eigenvalue weighted by Crippen LogP contribution is 2.09. The Hall–Kier alpha value is -0.170. The number of nitrogens with zero attached hydrogens (tertiary/aromatic N) is 1. The molecule has 0 radical (unpaired) electrons. The normalized spacial score (nSPS) is 23.7. The van der Waals surface area contributed by atoms with Crippen LogP contribution >= 0.6 is 0 Å². The van der Waals surface area contributed by atoms with E-state index in [0.29, 0.717) is 26.4 Å². The van der Waals surface area contributed by atoms with Gasteiger partial charge in [0.1, 0.15) is 0 Å². The molecule has 0 amide bonds. The van der Waals surface area contributed by atoms with Crippen LogP contribution in [0.4, 0.5) is 0 Å². The summed E-state index contributed by atoms with van der Waals surface area (Å²) in [6.45, 7) is 5.31. The second kappa shape index (κ2) is 5.25. The number of hydrogen-bond donors (Lipinski definition) is 0. The number of rotatable bonds is 4. The summed E-state index contributed by atoms with van der Waals surface area (Å²) in [5, 5.41) is -0.396. The fourth-order valence-electron chi connectivity index (χ4n) is 1.39. The van der Waals surface area contributed by atoms with E-state index >= 15 is 0 Å². The molecule has 1 aliphatic heterocycles. The maximum Gasteiger partial charge on any atom is 0.216 e. The third-order valence-corrected chi connectivity index (χ3v) is 4.59. The van der Waals surface area contributed by atoms with Gasteiger partial charge in [-0.2, -0.15) is 0 Å². The lowest BCUT2D eigenvalue weighted by molar-refractivity contribution is -0.0909. The monoisotopic (exact) mass is 237 g/mol. The molecule has 1 heterocycles. The van der Waals surface area contributed by atoms with Gasteiger partial charge in [-0.05, 0) is 13.8 Å². The highest BCUT2D eigenvalue weighted by Gasteiger charge is 2.26. The summed E-state index contributed by atoms with van der Waals surface area (Å²) in [6.07, 6.45) is -0.141. The van der Waals surface area contributed by atoms with E-state index in [-0.39, 0.29) is 6.10 Å².